The van der Waals surface area contributed by atoms with Crippen molar-refractivity contribution in [3.05, 3.63) is 59.1 Å². The molecule has 0 aliphatic heterocycles. The van der Waals surface area contributed by atoms with Crippen LogP contribution in [0.15, 0.2) is 48.5 Å². The molecule has 3 aromatic rings. The van der Waals surface area contributed by atoms with Crippen molar-refractivity contribution >= 4 is 33.4 Å². The third-order valence-electron chi connectivity index (χ3n) is 3.40. The number of carbonyl (C=O) groups excluding carboxylic acids is 1. The van der Waals surface area contributed by atoms with Gasteiger partial charge in [-0.15, -0.1) is 11.3 Å². The minimum Gasteiger partial charge on any atom is -0.489 e. The molecule has 7 heteroatoms. The maximum atomic E-state index is 11.7. The second-order valence-electron chi connectivity index (χ2n) is 5.36. The van der Waals surface area contributed by atoms with Crippen molar-refractivity contribution in [2.24, 2.45) is 0 Å². The van der Waals surface area contributed by atoms with Crippen LogP contribution in [0.1, 0.15) is 10.6 Å². The minimum atomic E-state index is -1.07. The summed E-state index contributed by atoms with van der Waals surface area (Å²) in [5.74, 6) is -0.719. The molecule has 1 amide bonds. The number of carboxylic acids is 1. The van der Waals surface area contributed by atoms with Crippen LogP contribution in [0.25, 0.3) is 10.2 Å². The van der Waals surface area contributed by atoms with Crippen molar-refractivity contribution in [3.8, 4) is 5.75 Å². The van der Waals surface area contributed by atoms with Crippen LogP contribution in [-0.4, -0.2) is 28.5 Å². The quantitative estimate of drug-likeness (QED) is 0.679. The number of carbonyl (C=O) groups is 2. The molecule has 0 unspecified atom stereocenters. The van der Waals surface area contributed by atoms with Gasteiger partial charge in [0.15, 0.2) is 0 Å². The predicted molar refractivity (Wildman–Crippen MR) is 94.7 cm³/mol. The molecule has 0 radical (unpaired) electrons. The maximum Gasteiger partial charge on any atom is 0.322 e. The lowest BCUT2D eigenvalue weighted by Crippen LogP contribution is -2.30. The first-order valence-corrected chi connectivity index (χ1v) is 8.46. The molecule has 1 heterocycles. The highest BCUT2D eigenvalue weighted by Crippen LogP contribution is 2.26. The van der Waals surface area contributed by atoms with Crippen molar-refractivity contribution in [1.29, 1.82) is 0 Å². The number of thiazole rings is 1. The molecule has 2 aromatic carbocycles. The van der Waals surface area contributed by atoms with E-state index in [2.05, 4.69) is 10.3 Å². The summed E-state index contributed by atoms with van der Waals surface area (Å²) >= 11 is 1.41. The van der Waals surface area contributed by atoms with E-state index < -0.39 is 5.97 Å². The molecule has 0 aliphatic rings. The van der Waals surface area contributed by atoms with E-state index in [9.17, 15) is 9.59 Å². The summed E-state index contributed by atoms with van der Waals surface area (Å²) in [6.45, 7) is 0.0855. The number of nitrogens with one attached hydrogen (secondary N) is 1. The summed E-state index contributed by atoms with van der Waals surface area (Å²) in [6.07, 6.45) is 0.0623. The van der Waals surface area contributed by atoms with Gasteiger partial charge in [-0.2, -0.15) is 0 Å². The van der Waals surface area contributed by atoms with Crippen LogP contribution in [0.3, 0.4) is 0 Å². The van der Waals surface area contributed by atoms with Crippen molar-refractivity contribution in [1.82, 2.24) is 10.3 Å². The van der Waals surface area contributed by atoms with E-state index in [0.717, 1.165) is 15.8 Å². The highest BCUT2D eigenvalue weighted by molar-refractivity contribution is 7.18. The standard InChI is InChI=1S/C18H16N2O4S/c21-16(19-10-18(22)23)9-17-20-14-8-13(6-7-15(14)25-17)24-11-12-4-2-1-3-5-12/h1-8H,9-11H2,(H,19,21)(H,22,23). The fourth-order valence-electron chi connectivity index (χ4n) is 2.24. The number of hydrogen-bond acceptors (Lipinski definition) is 5. The summed E-state index contributed by atoms with van der Waals surface area (Å²) in [7, 11) is 0. The van der Waals surface area contributed by atoms with Gasteiger partial charge in [-0.25, -0.2) is 4.98 Å². The number of nitrogens with zero attached hydrogens (tertiary/aromatic N) is 1. The van der Waals surface area contributed by atoms with Gasteiger partial charge in [-0.3, -0.25) is 9.59 Å². The van der Waals surface area contributed by atoms with Crippen molar-refractivity contribution < 1.29 is 19.4 Å². The van der Waals surface area contributed by atoms with Crippen LogP contribution in [0.2, 0.25) is 0 Å². The van der Waals surface area contributed by atoms with Gasteiger partial charge in [-0.1, -0.05) is 30.3 Å². The predicted octanol–water partition coefficient (Wildman–Crippen LogP) is 2.62. The Balaban J connectivity index is 1.64. The molecule has 0 bridgehead atoms. The van der Waals surface area contributed by atoms with Crippen LogP contribution < -0.4 is 10.1 Å². The Bertz CT molecular complexity index is 892. The first-order chi connectivity index (χ1) is 12.1. The fraction of sp³-hybridized carbons (Fsp3) is 0.167. The van der Waals surface area contributed by atoms with Crippen molar-refractivity contribution in [2.45, 2.75) is 13.0 Å². The largest absolute Gasteiger partial charge is 0.489 e. The zero-order chi connectivity index (χ0) is 17.6. The molecule has 0 fully saturated rings. The van der Waals surface area contributed by atoms with E-state index in [1.807, 2.05) is 48.5 Å². The molecule has 128 valence electrons. The second kappa shape index (κ2) is 7.76. The third-order valence-corrected chi connectivity index (χ3v) is 4.44. The van der Waals surface area contributed by atoms with E-state index >= 15 is 0 Å². The van der Waals surface area contributed by atoms with Crippen LogP contribution in [-0.2, 0) is 22.6 Å². The van der Waals surface area contributed by atoms with E-state index in [1.165, 1.54) is 11.3 Å². The number of carboxylic acid groups (broad SMARTS) is 1. The zero-order valence-corrected chi connectivity index (χ0v) is 14.1. The van der Waals surface area contributed by atoms with Gasteiger partial charge < -0.3 is 15.2 Å². The topological polar surface area (TPSA) is 88.5 Å². The number of aliphatic carboxylic acids is 1. The monoisotopic (exact) mass is 356 g/mol. The molecule has 0 saturated carbocycles. The van der Waals surface area contributed by atoms with Gasteiger partial charge in [0.2, 0.25) is 5.91 Å². The lowest BCUT2D eigenvalue weighted by molar-refractivity contribution is -0.137. The summed E-state index contributed by atoms with van der Waals surface area (Å²) in [5, 5.41) is 11.5. The van der Waals surface area contributed by atoms with Crippen molar-refractivity contribution in [2.75, 3.05) is 6.54 Å². The first-order valence-electron chi connectivity index (χ1n) is 7.65. The SMILES string of the molecule is O=C(O)CNC(=O)Cc1nc2cc(OCc3ccccc3)ccc2s1. The zero-order valence-electron chi connectivity index (χ0n) is 13.3. The van der Waals surface area contributed by atoms with Gasteiger partial charge in [0.25, 0.3) is 0 Å². The Morgan fingerprint density at radius 3 is 2.72 bits per heavy atom. The molecule has 0 saturated heterocycles. The highest BCUT2D eigenvalue weighted by atomic mass is 32.1. The number of fused-ring (bicyclic) bond motifs is 1. The molecular formula is C18H16N2O4S. The van der Waals surface area contributed by atoms with Crippen LogP contribution in [0, 0.1) is 0 Å². The Morgan fingerprint density at radius 1 is 1.16 bits per heavy atom. The Labute approximate surface area is 148 Å². The molecule has 1 aromatic heterocycles. The number of hydrogen-bond donors (Lipinski definition) is 2. The van der Waals surface area contributed by atoms with Gasteiger partial charge in [0.05, 0.1) is 16.6 Å². The van der Waals surface area contributed by atoms with E-state index in [4.69, 9.17) is 9.84 Å². The summed E-state index contributed by atoms with van der Waals surface area (Å²) < 4.78 is 6.73. The third kappa shape index (κ3) is 4.77. The van der Waals surface area contributed by atoms with Gasteiger partial charge in [0, 0.05) is 6.07 Å². The van der Waals surface area contributed by atoms with Crippen LogP contribution >= 0.6 is 11.3 Å². The lowest BCUT2D eigenvalue weighted by atomic mass is 10.2. The van der Waals surface area contributed by atoms with E-state index in [0.29, 0.717) is 17.4 Å². The number of rotatable bonds is 7. The molecule has 2 N–H and O–H groups in total. The Kier molecular flexibility index (Phi) is 5.25. The van der Waals surface area contributed by atoms with Crippen LogP contribution in [0.5, 0.6) is 5.75 Å². The van der Waals surface area contributed by atoms with E-state index in [-0.39, 0.29) is 18.9 Å². The average molecular weight is 356 g/mol. The molecule has 3 rings (SSSR count). The Morgan fingerprint density at radius 2 is 1.96 bits per heavy atom. The Hall–Kier alpha value is -2.93. The molecule has 25 heavy (non-hydrogen) atoms. The first kappa shape index (κ1) is 16.9. The van der Waals surface area contributed by atoms with Gasteiger partial charge in [0.1, 0.15) is 23.9 Å². The second-order valence-corrected chi connectivity index (χ2v) is 6.47. The van der Waals surface area contributed by atoms with Gasteiger partial charge >= 0.3 is 5.97 Å². The maximum absolute atomic E-state index is 11.7. The van der Waals surface area contributed by atoms with Crippen molar-refractivity contribution in [3.63, 3.8) is 0 Å². The molecule has 6 nitrogen and oxygen atoms in total. The number of aromatic nitrogens is 1. The number of amides is 1. The number of ether oxygens (including phenoxy) is 1. The smallest absolute Gasteiger partial charge is 0.322 e. The molecule has 0 spiro atoms. The minimum absolute atomic E-state index is 0.0623. The fourth-order valence-corrected chi connectivity index (χ4v) is 3.18. The van der Waals surface area contributed by atoms with Gasteiger partial charge in [-0.05, 0) is 17.7 Å². The summed E-state index contributed by atoms with van der Waals surface area (Å²) in [5.41, 5.74) is 1.84. The number of benzene rings is 2. The summed E-state index contributed by atoms with van der Waals surface area (Å²) in [6, 6.07) is 15.5. The highest BCUT2D eigenvalue weighted by Gasteiger charge is 2.10. The molecule has 0 atom stereocenters. The lowest BCUT2D eigenvalue weighted by Gasteiger charge is -2.05. The molecular weight excluding hydrogens is 340 g/mol. The average Bonchev–Trinajstić information content (AvgIpc) is 3.00. The summed E-state index contributed by atoms with van der Waals surface area (Å²) in [4.78, 5) is 26.6. The molecule has 0 aliphatic carbocycles. The van der Waals surface area contributed by atoms with E-state index in [1.54, 1.807) is 0 Å². The normalized spacial score (nSPS) is 10.6. The van der Waals surface area contributed by atoms with Crippen LogP contribution in [0.4, 0.5) is 0 Å².